The molecule has 1 aromatic carbocycles. The highest BCUT2D eigenvalue weighted by atomic mass is 15.2. The predicted molar refractivity (Wildman–Crippen MR) is 81.7 cm³/mol. The van der Waals surface area contributed by atoms with Gasteiger partial charge in [-0.1, -0.05) is 32.0 Å². The van der Waals surface area contributed by atoms with E-state index < -0.39 is 0 Å². The smallest absolute Gasteiger partial charge is 0.0488 e. The molecule has 106 valence electrons. The molecule has 1 aliphatic rings. The van der Waals surface area contributed by atoms with Crippen molar-refractivity contribution >= 4 is 0 Å². The molecule has 1 saturated carbocycles. The molecule has 19 heavy (non-hydrogen) atoms. The highest BCUT2D eigenvalue weighted by Crippen LogP contribution is 2.42. The zero-order chi connectivity index (χ0) is 14.0. The summed E-state index contributed by atoms with van der Waals surface area (Å²) in [6, 6.07) is 7.03. The van der Waals surface area contributed by atoms with Gasteiger partial charge in [0.1, 0.15) is 0 Å². The molecule has 0 saturated heterocycles. The van der Waals surface area contributed by atoms with E-state index in [1.165, 1.54) is 42.4 Å². The molecule has 2 rings (SSSR count). The molecule has 1 atom stereocenters. The minimum Gasteiger partial charge on any atom is -0.271 e. The topological polar surface area (TPSA) is 38.0 Å². The second-order valence-electron chi connectivity index (χ2n) is 6.99. The Morgan fingerprint density at radius 2 is 1.79 bits per heavy atom. The van der Waals surface area contributed by atoms with E-state index >= 15 is 0 Å². The largest absolute Gasteiger partial charge is 0.271 e. The number of aryl methyl sites for hydroxylation is 2. The minimum atomic E-state index is 0.301. The molecule has 1 fully saturated rings. The summed E-state index contributed by atoms with van der Waals surface area (Å²) >= 11 is 0. The molecular weight excluding hydrogens is 232 g/mol. The summed E-state index contributed by atoms with van der Waals surface area (Å²) in [5.41, 5.74) is 7.62. The van der Waals surface area contributed by atoms with Gasteiger partial charge in [0.2, 0.25) is 0 Å². The third kappa shape index (κ3) is 3.37. The first-order valence-electron chi connectivity index (χ1n) is 7.46. The molecule has 2 heteroatoms. The predicted octanol–water partition coefficient (Wildman–Crippen LogP) is 4.02. The van der Waals surface area contributed by atoms with Crippen LogP contribution in [0.3, 0.4) is 0 Å². The molecule has 0 aromatic heterocycles. The second-order valence-corrected chi connectivity index (χ2v) is 6.99. The van der Waals surface area contributed by atoms with E-state index in [4.69, 9.17) is 5.84 Å². The maximum Gasteiger partial charge on any atom is 0.0488 e. The van der Waals surface area contributed by atoms with E-state index in [0.29, 0.717) is 17.4 Å². The zero-order valence-electron chi connectivity index (χ0n) is 12.8. The van der Waals surface area contributed by atoms with Crippen LogP contribution in [0.2, 0.25) is 0 Å². The summed E-state index contributed by atoms with van der Waals surface area (Å²) in [5.74, 6) is 6.51. The van der Waals surface area contributed by atoms with Crippen LogP contribution in [0.25, 0.3) is 0 Å². The average molecular weight is 260 g/mol. The van der Waals surface area contributed by atoms with Gasteiger partial charge in [-0.2, -0.15) is 0 Å². The van der Waals surface area contributed by atoms with Crippen LogP contribution >= 0.6 is 0 Å². The normalized spacial score (nSPS) is 21.3. The Balaban J connectivity index is 2.14. The lowest BCUT2D eigenvalue weighted by molar-refractivity contribution is 0.161. The van der Waals surface area contributed by atoms with Crippen molar-refractivity contribution in [2.75, 3.05) is 0 Å². The second kappa shape index (κ2) is 5.64. The minimum absolute atomic E-state index is 0.301. The van der Waals surface area contributed by atoms with Crippen molar-refractivity contribution in [1.82, 2.24) is 5.43 Å². The van der Waals surface area contributed by atoms with E-state index in [9.17, 15) is 0 Å². The van der Waals surface area contributed by atoms with E-state index in [1.807, 2.05) is 0 Å². The van der Waals surface area contributed by atoms with Crippen molar-refractivity contribution in [2.24, 2.45) is 17.2 Å². The zero-order valence-corrected chi connectivity index (χ0v) is 12.8. The van der Waals surface area contributed by atoms with Crippen molar-refractivity contribution in [3.63, 3.8) is 0 Å². The van der Waals surface area contributed by atoms with Crippen molar-refractivity contribution in [3.05, 3.63) is 34.9 Å². The van der Waals surface area contributed by atoms with Gasteiger partial charge in [-0.3, -0.25) is 11.3 Å². The SMILES string of the molecule is Cc1ccc(C(NN)C2CCC(C)(C)CC2)cc1C. The fourth-order valence-corrected chi connectivity index (χ4v) is 3.22. The van der Waals surface area contributed by atoms with Gasteiger partial charge < -0.3 is 0 Å². The van der Waals surface area contributed by atoms with E-state index in [0.717, 1.165) is 0 Å². The van der Waals surface area contributed by atoms with Crippen LogP contribution in [-0.4, -0.2) is 0 Å². The molecule has 3 N–H and O–H groups in total. The van der Waals surface area contributed by atoms with Gasteiger partial charge in [0, 0.05) is 6.04 Å². The van der Waals surface area contributed by atoms with Crippen molar-refractivity contribution < 1.29 is 0 Å². The molecule has 1 unspecified atom stereocenters. The van der Waals surface area contributed by atoms with Crippen LogP contribution in [0.15, 0.2) is 18.2 Å². The molecule has 1 aromatic rings. The molecule has 0 heterocycles. The van der Waals surface area contributed by atoms with Crippen LogP contribution in [0, 0.1) is 25.2 Å². The van der Waals surface area contributed by atoms with Crippen LogP contribution in [0.4, 0.5) is 0 Å². The number of nitrogens with two attached hydrogens (primary N) is 1. The van der Waals surface area contributed by atoms with Crippen molar-refractivity contribution in [2.45, 2.75) is 59.4 Å². The highest BCUT2D eigenvalue weighted by molar-refractivity contribution is 5.32. The Bertz CT molecular complexity index is 427. The molecule has 0 radical (unpaired) electrons. The molecule has 0 amide bonds. The molecule has 0 bridgehead atoms. The summed E-state index contributed by atoms with van der Waals surface area (Å²) in [4.78, 5) is 0. The quantitative estimate of drug-likeness (QED) is 0.636. The van der Waals surface area contributed by atoms with Gasteiger partial charge in [0.25, 0.3) is 0 Å². The van der Waals surface area contributed by atoms with Gasteiger partial charge >= 0.3 is 0 Å². The van der Waals surface area contributed by atoms with Crippen LogP contribution in [0.5, 0.6) is 0 Å². The number of hydrogen-bond donors (Lipinski definition) is 2. The first-order valence-corrected chi connectivity index (χ1v) is 7.46. The third-order valence-electron chi connectivity index (χ3n) is 4.92. The van der Waals surface area contributed by atoms with E-state index in [1.54, 1.807) is 0 Å². The maximum absolute atomic E-state index is 5.84. The van der Waals surface area contributed by atoms with Crippen LogP contribution < -0.4 is 11.3 Å². The first kappa shape index (κ1) is 14.5. The number of rotatable bonds is 3. The Morgan fingerprint density at radius 1 is 1.16 bits per heavy atom. The standard InChI is InChI=1S/C17H28N2/c1-12-5-6-15(11-13(12)2)16(19-18)14-7-9-17(3,4)10-8-14/h5-6,11,14,16,19H,7-10,18H2,1-4H3. The Morgan fingerprint density at radius 3 is 2.32 bits per heavy atom. The molecule has 0 aliphatic heterocycles. The summed E-state index contributed by atoms with van der Waals surface area (Å²) in [6.45, 7) is 9.10. The monoisotopic (exact) mass is 260 g/mol. The first-order chi connectivity index (χ1) is 8.93. The summed E-state index contributed by atoms with van der Waals surface area (Å²) in [7, 11) is 0. The Hall–Kier alpha value is -0.860. The number of hydrogen-bond acceptors (Lipinski definition) is 2. The highest BCUT2D eigenvalue weighted by Gasteiger charge is 2.31. The summed E-state index contributed by atoms with van der Waals surface area (Å²) in [5, 5.41) is 0. The van der Waals surface area contributed by atoms with Crippen molar-refractivity contribution in [1.29, 1.82) is 0 Å². The number of hydrazine groups is 1. The van der Waals surface area contributed by atoms with Gasteiger partial charge in [0.05, 0.1) is 0 Å². The van der Waals surface area contributed by atoms with Gasteiger partial charge in [-0.25, -0.2) is 0 Å². The maximum atomic E-state index is 5.84. The fraction of sp³-hybridized carbons (Fsp3) is 0.647. The van der Waals surface area contributed by atoms with Gasteiger partial charge in [0.15, 0.2) is 0 Å². The molecule has 1 aliphatic carbocycles. The lowest BCUT2D eigenvalue weighted by Crippen LogP contribution is -2.36. The number of benzene rings is 1. The number of nitrogens with one attached hydrogen (secondary N) is 1. The lowest BCUT2D eigenvalue weighted by Gasteiger charge is -2.38. The Labute approximate surface area is 117 Å². The van der Waals surface area contributed by atoms with Crippen LogP contribution in [0.1, 0.15) is 62.3 Å². The summed E-state index contributed by atoms with van der Waals surface area (Å²) in [6.07, 6.45) is 5.16. The third-order valence-corrected chi connectivity index (χ3v) is 4.92. The van der Waals surface area contributed by atoms with Gasteiger partial charge in [-0.05, 0) is 67.6 Å². The summed E-state index contributed by atoms with van der Waals surface area (Å²) < 4.78 is 0. The van der Waals surface area contributed by atoms with Crippen molar-refractivity contribution in [3.8, 4) is 0 Å². The molecule has 0 spiro atoms. The lowest BCUT2D eigenvalue weighted by atomic mass is 9.70. The molecule has 2 nitrogen and oxygen atoms in total. The average Bonchev–Trinajstić information content (AvgIpc) is 2.36. The van der Waals surface area contributed by atoms with E-state index in [-0.39, 0.29) is 0 Å². The van der Waals surface area contributed by atoms with Gasteiger partial charge in [-0.15, -0.1) is 0 Å². The molecular formula is C17H28N2. The van der Waals surface area contributed by atoms with E-state index in [2.05, 4.69) is 51.3 Å². The fourth-order valence-electron chi connectivity index (χ4n) is 3.22. The Kier molecular flexibility index (Phi) is 4.32. The van der Waals surface area contributed by atoms with Crippen LogP contribution in [-0.2, 0) is 0 Å².